The SMILES string of the molecule is O=C(c1ccc(CCOP(=O)(O)OCN2CCOCC2)cc1)C(F)(F)C(F)(F)F. The van der Waals surface area contributed by atoms with Crippen LogP contribution in [0.5, 0.6) is 0 Å². The Hall–Kier alpha value is -1.43. The predicted molar refractivity (Wildman–Crippen MR) is 89.6 cm³/mol. The second kappa shape index (κ2) is 9.59. The van der Waals surface area contributed by atoms with E-state index in [0.717, 1.165) is 24.3 Å². The van der Waals surface area contributed by atoms with E-state index in [2.05, 4.69) is 0 Å². The number of hydrogen-bond acceptors (Lipinski definition) is 6. The number of phosphoric acid groups is 1. The quantitative estimate of drug-likeness (QED) is 0.354. The third-order valence-corrected chi connectivity index (χ3v) is 4.96. The maximum Gasteiger partial charge on any atom is 0.473 e. The normalized spacial score (nSPS) is 18.4. The van der Waals surface area contributed by atoms with Crippen molar-refractivity contribution in [1.29, 1.82) is 0 Å². The van der Waals surface area contributed by atoms with E-state index in [1.165, 1.54) is 0 Å². The largest absolute Gasteiger partial charge is 0.473 e. The summed E-state index contributed by atoms with van der Waals surface area (Å²) in [6.07, 6.45) is -5.95. The first-order valence-electron chi connectivity index (χ1n) is 8.43. The van der Waals surface area contributed by atoms with Crippen molar-refractivity contribution in [3.8, 4) is 0 Å². The minimum absolute atomic E-state index is 0.0373. The molecule has 1 aromatic rings. The molecule has 1 fully saturated rings. The molecule has 0 aliphatic carbocycles. The Labute approximate surface area is 163 Å². The first-order valence-corrected chi connectivity index (χ1v) is 9.92. The summed E-state index contributed by atoms with van der Waals surface area (Å²) in [7, 11) is -4.32. The molecule has 1 saturated heterocycles. The highest BCUT2D eigenvalue weighted by atomic mass is 31.2. The van der Waals surface area contributed by atoms with Crippen LogP contribution in [-0.2, 0) is 24.8 Å². The molecule has 0 saturated carbocycles. The van der Waals surface area contributed by atoms with Gasteiger partial charge in [0.25, 0.3) is 0 Å². The highest BCUT2D eigenvalue weighted by Gasteiger charge is 2.63. The zero-order valence-electron chi connectivity index (χ0n) is 15.0. The van der Waals surface area contributed by atoms with Gasteiger partial charge in [0.2, 0.25) is 5.78 Å². The average molecular weight is 447 g/mol. The fourth-order valence-electron chi connectivity index (χ4n) is 2.33. The fourth-order valence-corrected chi connectivity index (χ4v) is 3.04. The van der Waals surface area contributed by atoms with Gasteiger partial charge >= 0.3 is 19.9 Å². The summed E-state index contributed by atoms with van der Waals surface area (Å²) in [5, 5.41) is 0. The highest BCUT2D eigenvalue weighted by molar-refractivity contribution is 7.47. The van der Waals surface area contributed by atoms with E-state index in [-0.39, 0.29) is 19.8 Å². The molecule has 13 heteroatoms. The number of morpholine rings is 1. The highest BCUT2D eigenvalue weighted by Crippen LogP contribution is 2.43. The zero-order chi connectivity index (χ0) is 21.7. The Morgan fingerprint density at radius 1 is 1.10 bits per heavy atom. The van der Waals surface area contributed by atoms with Gasteiger partial charge in [0.05, 0.1) is 19.8 Å². The van der Waals surface area contributed by atoms with E-state index < -0.39 is 31.3 Å². The second-order valence-corrected chi connectivity index (χ2v) is 7.59. The molecule has 0 amide bonds. The number of hydrogen-bond donors (Lipinski definition) is 1. The summed E-state index contributed by atoms with van der Waals surface area (Å²) >= 11 is 0. The van der Waals surface area contributed by atoms with Crippen LogP contribution in [0.4, 0.5) is 22.0 Å². The minimum Gasteiger partial charge on any atom is -0.379 e. The average Bonchev–Trinajstić information content (AvgIpc) is 2.66. The van der Waals surface area contributed by atoms with E-state index in [0.29, 0.717) is 31.9 Å². The van der Waals surface area contributed by atoms with Crippen molar-refractivity contribution in [2.24, 2.45) is 0 Å². The number of alkyl halides is 5. The Morgan fingerprint density at radius 3 is 2.24 bits per heavy atom. The molecule has 1 N–H and O–H groups in total. The van der Waals surface area contributed by atoms with Crippen LogP contribution < -0.4 is 0 Å². The number of rotatable bonds is 9. The summed E-state index contributed by atoms with van der Waals surface area (Å²) in [4.78, 5) is 22.8. The fraction of sp³-hybridized carbons (Fsp3) is 0.562. The topological polar surface area (TPSA) is 85.3 Å². The number of carbonyl (C=O) groups is 1. The molecular formula is C16H19F5NO6P. The Morgan fingerprint density at radius 2 is 1.69 bits per heavy atom. The van der Waals surface area contributed by atoms with Crippen LogP contribution >= 0.6 is 7.82 Å². The molecule has 1 aliphatic rings. The lowest BCUT2D eigenvalue weighted by atomic mass is 10.0. The summed E-state index contributed by atoms with van der Waals surface area (Å²) in [6.45, 7) is 1.64. The summed E-state index contributed by atoms with van der Waals surface area (Å²) in [5.41, 5.74) is -0.413. The number of Topliss-reactive ketones (excluding diaryl/α,β-unsaturated/α-hetero) is 1. The molecular weight excluding hydrogens is 428 g/mol. The Bertz CT molecular complexity index is 736. The molecule has 1 unspecified atom stereocenters. The third kappa shape index (κ3) is 6.80. The Balaban J connectivity index is 1.82. The molecule has 0 spiro atoms. The van der Waals surface area contributed by atoms with E-state index in [4.69, 9.17) is 13.8 Å². The van der Waals surface area contributed by atoms with Gasteiger partial charge in [-0.05, 0) is 12.0 Å². The zero-order valence-corrected chi connectivity index (χ0v) is 15.9. The number of halogens is 5. The van der Waals surface area contributed by atoms with Gasteiger partial charge in [-0.15, -0.1) is 0 Å². The van der Waals surface area contributed by atoms with Crippen LogP contribution in [0.3, 0.4) is 0 Å². The maximum atomic E-state index is 13.1. The van der Waals surface area contributed by atoms with Crippen molar-refractivity contribution >= 4 is 13.6 Å². The molecule has 1 aliphatic heterocycles. The van der Waals surface area contributed by atoms with Crippen LogP contribution in [0.2, 0.25) is 0 Å². The number of ketones is 1. The van der Waals surface area contributed by atoms with Gasteiger partial charge in [0.1, 0.15) is 6.73 Å². The van der Waals surface area contributed by atoms with Gasteiger partial charge in [0, 0.05) is 18.7 Å². The first kappa shape index (κ1) is 23.8. The first-order chi connectivity index (χ1) is 13.4. The van der Waals surface area contributed by atoms with Crippen molar-refractivity contribution in [1.82, 2.24) is 4.90 Å². The molecule has 1 atom stereocenters. The predicted octanol–water partition coefficient (Wildman–Crippen LogP) is 3.03. The molecule has 2 rings (SSSR count). The van der Waals surface area contributed by atoms with E-state index in [9.17, 15) is 36.2 Å². The molecule has 164 valence electrons. The molecule has 1 aromatic carbocycles. The summed E-state index contributed by atoms with van der Waals surface area (Å²) in [6, 6.07) is 3.95. The van der Waals surface area contributed by atoms with Gasteiger partial charge in [-0.3, -0.25) is 18.7 Å². The van der Waals surface area contributed by atoms with E-state index >= 15 is 0 Å². The maximum absolute atomic E-state index is 13.1. The van der Waals surface area contributed by atoms with Crippen molar-refractivity contribution < 1.29 is 50.0 Å². The smallest absolute Gasteiger partial charge is 0.379 e. The lowest BCUT2D eigenvalue weighted by Gasteiger charge is -2.26. The van der Waals surface area contributed by atoms with Gasteiger partial charge in [0.15, 0.2) is 0 Å². The molecule has 0 bridgehead atoms. The number of carbonyl (C=O) groups excluding carboxylic acids is 1. The minimum atomic E-state index is -5.99. The van der Waals surface area contributed by atoms with Crippen molar-refractivity contribution in [3.63, 3.8) is 0 Å². The second-order valence-electron chi connectivity index (χ2n) is 6.14. The van der Waals surface area contributed by atoms with Gasteiger partial charge in [-0.25, -0.2) is 4.57 Å². The van der Waals surface area contributed by atoms with E-state index in [1.54, 1.807) is 4.90 Å². The van der Waals surface area contributed by atoms with E-state index in [1.807, 2.05) is 0 Å². The summed E-state index contributed by atoms with van der Waals surface area (Å²) in [5.74, 6) is -7.84. The van der Waals surface area contributed by atoms with Crippen molar-refractivity contribution in [2.45, 2.75) is 18.5 Å². The van der Waals surface area contributed by atoms with Crippen LogP contribution in [0, 0.1) is 0 Å². The summed E-state index contributed by atoms with van der Waals surface area (Å²) < 4.78 is 89.5. The number of ether oxygens (including phenoxy) is 1. The van der Waals surface area contributed by atoms with Gasteiger partial charge in [-0.1, -0.05) is 24.3 Å². The number of nitrogens with zero attached hydrogens (tertiary/aromatic N) is 1. The van der Waals surface area contributed by atoms with Crippen LogP contribution in [-0.4, -0.2) is 67.3 Å². The molecule has 1 heterocycles. The van der Waals surface area contributed by atoms with Crippen LogP contribution in [0.1, 0.15) is 15.9 Å². The van der Waals surface area contributed by atoms with Crippen molar-refractivity contribution in [2.75, 3.05) is 39.6 Å². The lowest BCUT2D eigenvalue weighted by Crippen LogP contribution is -2.44. The monoisotopic (exact) mass is 447 g/mol. The molecule has 7 nitrogen and oxygen atoms in total. The van der Waals surface area contributed by atoms with Crippen molar-refractivity contribution in [3.05, 3.63) is 35.4 Å². The van der Waals surface area contributed by atoms with Gasteiger partial charge in [-0.2, -0.15) is 22.0 Å². The Kier molecular flexibility index (Phi) is 7.88. The lowest BCUT2D eigenvalue weighted by molar-refractivity contribution is -0.255. The van der Waals surface area contributed by atoms with Gasteiger partial charge < -0.3 is 9.63 Å². The van der Waals surface area contributed by atoms with Crippen LogP contribution in [0.25, 0.3) is 0 Å². The molecule has 29 heavy (non-hydrogen) atoms. The number of benzene rings is 1. The molecule has 0 aromatic heterocycles. The standard InChI is InChI=1S/C16H19F5NO6P/c17-15(18,16(19,20)21)14(23)13-3-1-12(2-4-13)5-8-27-29(24,25)28-11-22-6-9-26-10-7-22/h1-4H,5-11H2,(H,24,25). The molecule has 0 radical (unpaired) electrons. The number of phosphoric ester groups is 1. The third-order valence-electron chi connectivity index (χ3n) is 4.01. The van der Waals surface area contributed by atoms with Crippen LogP contribution in [0.15, 0.2) is 24.3 Å².